The largest absolute Gasteiger partial charge is 0.497 e. The van der Waals surface area contributed by atoms with Gasteiger partial charge in [0.1, 0.15) is 22.8 Å². The van der Waals surface area contributed by atoms with E-state index in [-0.39, 0.29) is 16.9 Å². The number of hydrogen-bond acceptors (Lipinski definition) is 6. The van der Waals surface area contributed by atoms with E-state index in [0.29, 0.717) is 28.1 Å². The van der Waals surface area contributed by atoms with Crippen LogP contribution in [-0.4, -0.2) is 37.9 Å². The van der Waals surface area contributed by atoms with Crippen molar-refractivity contribution >= 4 is 16.9 Å². The lowest BCUT2D eigenvalue weighted by Crippen LogP contribution is -2.35. The van der Waals surface area contributed by atoms with E-state index in [4.69, 9.17) is 4.74 Å². The number of hydrogen-bond donors (Lipinski definition) is 2. The van der Waals surface area contributed by atoms with Gasteiger partial charge in [-0.05, 0) is 36.4 Å². The van der Waals surface area contributed by atoms with Crippen LogP contribution in [0.15, 0.2) is 77.9 Å². The molecule has 5 aromatic rings. The van der Waals surface area contributed by atoms with Crippen LogP contribution in [0.2, 0.25) is 0 Å². The number of nitrogens with zero attached hydrogens (tertiary/aromatic N) is 4. The maximum absolute atomic E-state index is 13.8. The van der Waals surface area contributed by atoms with Crippen molar-refractivity contribution in [2.24, 2.45) is 0 Å². The monoisotopic (exact) mass is 456 g/mol. The summed E-state index contributed by atoms with van der Waals surface area (Å²) < 4.78 is 20.2. The first kappa shape index (κ1) is 21.0. The van der Waals surface area contributed by atoms with Gasteiger partial charge in [0.25, 0.3) is 11.5 Å². The summed E-state index contributed by atoms with van der Waals surface area (Å²) in [4.78, 5) is 34.9. The Morgan fingerprint density at radius 1 is 1.06 bits per heavy atom. The zero-order chi connectivity index (χ0) is 23.7. The minimum absolute atomic E-state index is 0.0564. The van der Waals surface area contributed by atoms with E-state index in [2.05, 4.69) is 25.6 Å². The number of pyridine rings is 1. The van der Waals surface area contributed by atoms with Crippen LogP contribution in [-0.2, 0) is 0 Å². The van der Waals surface area contributed by atoms with Gasteiger partial charge in [-0.15, -0.1) is 0 Å². The molecule has 0 saturated heterocycles. The maximum Gasteiger partial charge on any atom is 0.298 e. The Labute approximate surface area is 191 Å². The van der Waals surface area contributed by atoms with Gasteiger partial charge in [0.05, 0.1) is 7.11 Å². The molecule has 5 rings (SSSR count). The number of H-pyrrole nitrogens is 1. The van der Waals surface area contributed by atoms with Gasteiger partial charge in [0.15, 0.2) is 11.3 Å². The Hall–Kier alpha value is -4.86. The second-order valence-corrected chi connectivity index (χ2v) is 7.29. The zero-order valence-electron chi connectivity index (χ0n) is 17.8. The standard InChI is InChI=1S/C24H17FN6O3/c1-34-18-7-3-5-16(13-18)22-27-20-19(15-4-2-6-17(25)12-15)28-29-21(20)24(33)31(22)30-23(32)14-8-10-26-11-9-14/h2-13H,1H3,(H,28,29)(H,30,32). The molecule has 0 aliphatic heterocycles. The molecule has 0 aliphatic rings. The molecular formula is C24H17FN6O3. The number of nitrogens with one attached hydrogen (secondary N) is 2. The van der Waals surface area contributed by atoms with Crippen LogP contribution in [0.4, 0.5) is 4.39 Å². The van der Waals surface area contributed by atoms with E-state index in [1.807, 2.05) is 0 Å². The number of carbonyl (C=O) groups excluding carboxylic acids is 1. The Morgan fingerprint density at radius 2 is 1.82 bits per heavy atom. The average molecular weight is 456 g/mol. The number of fused-ring (bicyclic) bond motifs is 1. The molecule has 0 aliphatic carbocycles. The minimum Gasteiger partial charge on any atom is -0.497 e. The SMILES string of the molecule is COc1cccc(-c2nc3c(-c4cccc(F)c4)n[nH]c3c(=O)n2NC(=O)c2ccncc2)c1. The first-order valence-corrected chi connectivity index (χ1v) is 10.2. The molecule has 0 radical (unpaired) electrons. The average Bonchev–Trinajstić information content (AvgIpc) is 3.30. The number of ether oxygens (including phenoxy) is 1. The van der Waals surface area contributed by atoms with Crippen molar-refractivity contribution in [3.8, 4) is 28.4 Å². The van der Waals surface area contributed by atoms with Gasteiger partial charge < -0.3 is 4.74 Å². The number of amides is 1. The Kier molecular flexibility index (Phi) is 5.30. The molecule has 168 valence electrons. The zero-order valence-corrected chi connectivity index (χ0v) is 17.8. The summed E-state index contributed by atoms with van der Waals surface area (Å²) >= 11 is 0. The van der Waals surface area contributed by atoms with Gasteiger partial charge in [0, 0.05) is 29.1 Å². The summed E-state index contributed by atoms with van der Waals surface area (Å²) in [6.45, 7) is 0. The number of benzene rings is 2. The Bertz CT molecular complexity index is 1580. The lowest BCUT2D eigenvalue weighted by atomic mass is 10.1. The number of aromatic nitrogens is 5. The molecule has 34 heavy (non-hydrogen) atoms. The van der Waals surface area contributed by atoms with Gasteiger partial charge in [0.2, 0.25) is 0 Å². The first-order chi connectivity index (χ1) is 16.5. The first-order valence-electron chi connectivity index (χ1n) is 10.2. The van der Waals surface area contributed by atoms with Gasteiger partial charge >= 0.3 is 0 Å². The van der Waals surface area contributed by atoms with E-state index in [1.54, 1.807) is 36.4 Å². The molecule has 0 bridgehead atoms. The van der Waals surface area contributed by atoms with Crippen LogP contribution in [0.3, 0.4) is 0 Å². The molecule has 3 heterocycles. The molecule has 0 atom stereocenters. The summed E-state index contributed by atoms with van der Waals surface area (Å²) in [5.41, 5.74) is 3.90. The van der Waals surface area contributed by atoms with E-state index in [1.165, 1.54) is 43.8 Å². The fourth-order valence-electron chi connectivity index (χ4n) is 3.52. The number of halogens is 1. The van der Waals surface area contributed by atoms with Crippen LogP contribution in [0.1, 0.15) is 10.4 Å². The van der Waals surface area contributed by atoms with Gasteiger partial charge in [-0.2, -0.15) is 9.77 Å². The quantitative estimate of drug-likeness (QED) is 0.419. The van der Waals surface area contributed by atoms with Crippen LogP contribution in [0.5, 0.6) is 5.75 Å². The summed E-state index contributed by atoms with van der Waals surface area (Å²) in [7, 11) is 1.52. The molecule has 1 amide bonds. The van der Waals surface area contributed by atoms with Crippen molar-refractivity contribution in [2.45, 2.75) is 0 Å². The molecule has 2 N–H and O–H groups in total. The molecule has 2 aromatic carbocycles. The van der Waals surface area contributed by atoms with Crippen molar-refractivity contribution < 1.29 is 13.9 Å². The number of methoxy groups -OCH3 is 1. The van der Waals surface area contributed by atoms with E-state index >= 15 is 0 Å². The van der Waals surface area contributed by atoms with Gasteiger partial charge in [-0.25, -0.2) is 9.37 Å². The fourth-order valence-corrected chi connectivity index (χ4v) is 3.52. The second-order valence-electron chi connectivity index (χ2n) is 7.29. The highest BCUT2D eigenvalue weighted by Crippen LogP contribution is 2.27. The highest BCUT2D eigenvalue weighted by molar-refractivity contribution is 6.00. The smallest absolute Gasteiger partial charge is 0.298 e. The van der Waals surface area contributed by atoms with Crippen molar-refractivity contribution in [1.82, 2.24) is 24.8 Å². The summed E-state index contributed by atoms with van der Waals surface area (Å²) in [5.74, 6) is -0.284. The molecule has 3 aromatic heterocycles. The lowest BCUT2D eigenvalue weighted by molar-refractivity contribution is 0.101. The Balaban J connectivity index is 1.73. The number of rotatable bonds is 5. The van der Waals surface area contributed by atoms with Crippen LogP contribution >= 0.6 is 0 Å². The van der Waals surface area contributed by atoms with E-state index < -0.39 is 17.3 Å². The number of aromatic amines is 1. The topological polar surface area (TPSA) is 115 Å². The van der Waals surface area contributed by atoms with Crippen LogP contribution < -0.4 is 15.7 Å². The molecule has 0 saturated carbocycles. The number of carbonyl (C=O) groups is 1. The summed E-state index contributed by atoms with van der Waals surface area (Å²) in [5, 5.41) is 6.88. The van der Waals surface area contributed by atoms with Crippen molar-refractivity contribution in [3.05, 3.63) is 94.8 Å². The highest BCUT2D eigenvalue weighted by atomic mass is 19.1. The van der Waals surface area contributed by atoms with Gasteiger partial charge in [-0.1, -0.05) is 24.3 Å². The third-order valence-corrected chi connectivity index (χ3v) is 5.17. The fraction of sp³-hybridized carbons (Fsp3) is 0.0417. The van der Waals surface area contributed by atoms with E-state index in [9.17, 15) is 14.0 Å². The normalized spacial score (nSPS) is 10.9. The highest BCUT2D eigenvalue weighted by Gasteiger charge is 2.21. The molecule has 9 nitrogen and oxygen atoms in total. The van der Waals surface area contributed by atoms with Crippen molar-refractivity contribution in [3.63, 3.8) is 0 Å². The molecule has 10 heteroatoms. The molecule has 0 spiro atoms. The van der Waals surface area contributed by atoms with Crippen molar-refractivity contribution in [2.75, 3.05) is 12.5 Å². The lowest BCUT2D eigenvalue weighted by Gasteiger charge is -2.14. The minimum atomic E-state index is -0.583. The molecular weight excluding hydrogens is 439 g/mol. The third-order valence-electron chi connectivity index (χ3n) is 5.17. The van der Waals surface area contributed by atoms with Crippen LogP contribution in [0, 0.1) is 5.82 Å². The maximum atomic E-state index is 13.8. The summed E-state index contributed by atoms with van der Waals surface area (Å²) in [6, 6.07) is 15.8. The predicted molar refractivity (Wildman–Crippen MR) is 123 cm³/mol. The summed E-state index contributed by atoms with van der Waals surface area (Å²) in [6.07, 6.45) is 2.95. The Morgan fingerprint density at radius 3 is 2.59 bits per heavy atom. The molecule has 0 fully saturated rings. The van der Waals surface area contributed by atoms with Crippen LogP contribution in [0.25, 0.3) is 33.7 Å². The van der Waals surface area contributed by atoms with Crippen molar-refractivity contribution in [1.29, 1.82) is 0 Å². The predicted octanol–water partition coefficient (Wildman–Crippen LogP) is 3.38. The second kappa shape index (κ2) is 8.58. The molecule has 0 unspecified atom stereocenters. The third kappa shape index (κ3) is 3.77. The van der Waals surface area contributed by atoms with Gasteiger partial charge in [-0.3, -0.25) is 25.1 Å². The van der Waals surface area contributed by atoms with E-state index in [0.717, 1.165) is 4.68 Å².